The van der Waals surface area contributed by atoms with E-state index in [-0.39, 0.29) is 5.56 Å². The number of aromatic carboxylic acids is 1. The lowest BCUT2D eigenvalue weighted by Gasteiger charge is -2.06. The average molecular weight is 255 g/mol. The van der Waals surface area contributed by atoms with Crippen LogP contribution in [0.5, 0.6) is 0 Å². The molecular formula is C14H13N3O2. The predicted octanol–water partition coefficient (Wildman–Crippen LogP) is 2.12. The van der Waals surface area contributed by atoms with E-state index in [0.717, 1.165) is 5.56 Å². The number of hydrogen-bond donors (Lipinski definition) is 1. The number of nitrogens with zero attached hydrogens (tertiary/aromatic N) is 3. The quantitative estimate of drug-likeness (QED) is 0.911. The molecule has 0 saturated heterocycles. The van der Waals surface area contributed by atoms with E-state index in [4.69, 9.17) is 10.4 Å². The van der Waals surface area contributed by atoms with Crippen molar-refractivity contribution in [1.82, 2.24) is 9.78 Å². The summed E-state index contributed by atoms with van der Waals surface area (Å²) in [5.74, 6) is -0.977. The van der Waals surface area contributed by atoms with Crippen molar-refractivity contribution in [3.63, 3.8) is 0 Å². The van der Waals surface area contributed by atoms with Crippen LogP contribution in [0.25, 0.3) is 0 Å². The molecule has 5 nitrogen and oxygen atoms in total. The van der Waals surface area contributed by atoms with Gasteiger partial charge in [0.1, 0.15) is 5.56 Å². The van der Waals surface area contributed by atoms with Crippen LogP contribution in [0.1, 0.15) is 32.9 Å². The monoisotopic (exact) mass is 255 g/mol. The van der Waals surface area contributed by atoms with Crippen molar-refractivity contribution in [3.05, 3.63) is 52.3 Å². The highest BCUT2D eigenvalue weighted by Gasteiger charge is 2.18. The zero-order valence-electron chi connectivity index (χ0n) is 10.7. The molecule has 0 amide bonds. The van der Waals surface area contributed by atoms with Crippen LogP contribution >= 0.6 is 0 Å². The Balaban J connectivity index is 2.43. The Labute approximate surface area is 110 Å². The highest BCUT2D eigenvalue weighted by molar-refractivity contribution is 5.90. The van der Waals surface area contributed by atoms with Crippen LogP contribution in [-0.4, -0.2) is 20.9 Å². The summed E-state index contributed by atoms with van der Waals surface area (Å²) in [5.41, 5.74) is 2.71. The van der Waals surface area contributed by atoms with Gasteiger partial charge in [-0.05, 0) is 25.5 Å². The van der Waals surface area contributed by atoms with Gasteiger partial charge < -0.3 is 5.11 Å². The molecule has 2 aromatic rings. The molecule has 0 aliphatic heterocycles. The summed E-state index contributed by atoms with van der Waals surface area (Å²) >= 11 is 0. The zero-order chi connectivity index (χ0) is 14.0. The fourth-order valence-corrected chi connectivity index (χ4v) is 2.09. The van der Waals surface area contributed by atoms with E-state index in [9.17, 15) is 4.79 Å². The van der Waals surface area contributed by atoms with Crippen LogP contribution in [0.4, 0.5) is 0 Å². The first-order valence-electron chi connectivity index (χ1n) is 5.80. The molecule has 0 saturated carbocycles. The number of carboxylic acids is 1. The smallest absolute Gasteiger partial charge is 0.339 e. The maximum absolute atomic E-state index is 11.1. The van der Waals surface area contributed by atoms with E-state index >= 15 is 0 Å². The molecule has 1 heterocycles. The Kier molecular flexibility index (Phi) is 3.34. The summed E-state index contributed by atoms with van der Waals surface area (Å²) in [6.07, 6.45) is 0. The molecule has 19 heavy (non-hydrogen) atoms. The zero-order valence-corrected chi connectivity index (χ0v) is 10.7. The lowest BCUT2D eigenvalue weighted by molar-refractivity contribution is 0.0695. The third-order valence-electron chi connectivity index (χ3n) is 3.05. The van der Waals surface area contributed by atoms with Gasteiger partial charge in [-0.2, -0.15) is 10.4 Å². The van der Waals surface area contributed by atoms with Crippen molar-refractivity contribution in [2.24, 2.45) is 0 Å². The second-order valence-corrected chi connectivity index (χ2v) is 4.28. The predicted molar refractivity (Wildman–Crippen MR) is 68.9 cm³/mol. The molecule has 1 N–H and O–H groups in total. The Hall–Kier alpha value is -2.61. The standard InChI is InChI=1S/C14H13N3O2/c1-9-13(14(18)19)10(2)17(16-9)8-12-6-4-3-5-11(12)7-15/h3-6H,8H2,1-2H3,(H,18,19). The maximum Gasteiger partial charge on any atom is 0.339 e. The van der Waals surface area contributed by atoms with Crippen molar-refractivity contribution < 1.29 is 9.90 Å². The number of hydrogen-bond acceptors (Lipinski definition) is 3. The summed E-state index contributed by atoms with van der Waals surface area (Å²) < 4.78 is 1.62. The molecule has 2 rings (SSSR count). The maximum atomic E-state index is 11.1. The number of carbonyl (C=O) groups is 1. The van der Waals surface area contributed by atoms with Gasteiger partial charge in [-0.25, -0.2) is 4.79 Å². The van der Waals surface area contributed by atoms with E-state index in [1.165, 1.54) is 0 Å². The summed E-state index contributed by atoms with van der Waals surface area (Å²) in [7, 11) is 0. The van der Waals surface area contributed by atoms with Gasteiger partial charge in [0.15, 0.2) is 0 Å². The molecule has 0 aliphatic rings. The number of aromatic nitrogens is 2. The van der Waals surface area contributed by atoms with E-state index in [2.05, 4.69) is 11.2 Å². The van der Waals surface area contributed by atoms with Crippen LogP contribution in [0.2, 0.25) is 0 Å². The molecule has 0 aliphatic carbocycles. The van der Waals surface area contributed by atoms with E-state index in [1.807, 2.05) is 12.1 Å². The van der Waals surface area contributed by atoms with E-state index in [1.54, 1.807) is 30.7 Å². The van der Waals surface area contributed by atoms with Crippen molar-refractivity contribution in [3.8, 4) is 6.07 Å². The molecule has 0 fully saturated rings. The Morgan fingerprint density at radius 2 is 2.11 bits per heavy atom. The molecule has 1 aromatic carbocycles. The van der Waals surface area contributed by atoms with Gasteiger partial charge in [0.05, 0.1) is 29.6 Å². The summed E-state index contributed by atoms with van der Waals surface area (Å²) in [5, 5.41) is 22.4. The summed E-state index contributed by atoms with van der Waals surface area (Å²) in [4.78, 5) is 11.1. The molecule has 1 aromatic heterocycles. The van der Waals surface area contributed by atoms with Crippen LogP contribution in [0.3, 0.4) is 0 Å². The minimum atomic E-state index is -0.977. The van der Waals surface area contributed by atoms with Gasteiger partial charge in [0.2, 0.25) is 0 Å². The molecule has 5 heteroatoms. The first-order valence-corrected chi connectivity index (χ1v) is 5.80. The molecule has 0 atom stereocenters. The normalized spacial score (nSPS) is 10.2. The van der Waals surface area contributed by atoms with Crippen LogP contribution < -0.4 is 0 Å². The van der Waals surface area contributed by atoms with Gasteiger partial charge in [0, 0.05) is 0 Å². The second kappa shape index (κ2) is 4.94. The topological polar surface area (TPSA) is 78.9 Å². The number of rotatable bonds is 3. The van der Waals surface area contributed by atoms with E-state index in [0.29, 0.717) is 23.5 Å². The first kappa shape index (κ1) is 12.8. The summed E-state index contributed by atoms with van der Waals surface area (Å²) in [6.45, 7) is 3.78. The molecule has 0 spiro atoms. The minimum Gasteiger partial charge on any atom is -0.478 e. The number of benzene rings is 1. The van der Waals surface area contributed by atoms with Crippen LogP contribution in [0.15, 0.2) is 24.3 Å². The Morgan fingerprint density at radius 3 is 2.68 bits per heavy atom. The highest BCUT2D eigenvalue weighted by atomic mass is 16.4. The second-order valence-electron chi connectivity index (χ2n) is 4.28. The SMILES string of the molecule is Cc1nn(Cc2ccccc2C#N)c(C)c1C(=O)O. The van der Waals surface area contributed by atoms with Crippen molar-refractivity contribution in [1.29, 1.82) is 5.26 Å². The molecular weight excluding hydrogens is 242 g/mol. The highest BCUT2D eigenvalue weighted by Crippen LogP contribution is 2.16. The van der Waals surface area contributed by atoms with Gasteiger partial charge >= 0.3 is 5.97 Å². The van der Waals surface area contributed by atoms with Gasteiger partial charge in [0.25, 0.3) is 0 Å². The minimum absolute atomic E-state index is 0.231. The largest absolute Gasteiger partial charge is 0.478 e. The van der Waals surface area contributed by atoms with Crippen LogP contribution in [0, 0.1) is 25.2 Å². The molecule has 0 bridgehead atoms. The van der Waals surface area contributed by atoms with Crippen molar-refractivity contribution in [2.45, 2.75) is 20.4 Å². The molecule has 0 radical (unpaired) electrons. The van der Waals surface area contributed by atoms with E-state index < -0.39 is 5.97 Å². The number of carboxylic acid groups (broad SMARTS) is 1. The third kappa shape index (κ3) is 2.33. The molecule has 96 valence electrons. The number of aryl methyl sites for hydroxylation is 1. The fraction of sp³-hybridized carbons (Fsp3) is 0.214. The van der Waals surface area contributed by atoms with Gasteiger partial charge in [-0.15, -0.1) is 0 Å². The third-order valence-corrected chi connectivity index (χ3v) is 3.05. The Morgan fingerprint density at radius 1 is 1.42 bits per heavy atom. The lowest BCUT2D eigenvalue weighted by Crippen LogP contribution is -2.07. The average Bonchev–Trinajstić information content (AvgIpc) is 2.65. The van der Waals surface area contributed by atoms with Crippen molar-refractivity contribution in [2.75, 3.05) is 0 Å². The lowest BCUT2D eigenvalue weighted by atomic mass is 10.1. The molecule has 0 unspecified atom stereocenters. The van der Waals surface area contributed by atoms with Crippen LogP contribution in [-0.2, 0) is 6.54 Å². The summed E-state index contributed by atoms with van der Waals surface area (Å²) in [6, 6.07) is 9.34. The first-order chi connectivity index (χ1) is 9.04. The Bertz CT molecular complexity index is 680. The van der Waals surface area contributed by atoms with Crippen molar-refractivity contribution >= 4 is 5.97 Å². The fourth-order valence-electron chi connectivity index (χ4n) is 2.09. The van der Waals surface area contributed by atoms with Gasteiger partial charge in [-0.3, -0.25) is 4.68 Å². The van der Waals surface area contributed by atoms with Gasteiger partial charge in [-0.1, -0.05) is 18.2 Å². The number of nitriles is 1.